The van der Waals surface area contributed by atoms with Gasteiger partial charge in [0.25, 0.3) is 0 Å². The standard InChI is InChI=1S/C15H16N2OS/c16-8-9-17(11-13-5-2-1-3-6-13)12-14(18)15-7-4-10-19-15/h1-7,10,14,18H,9,11-12H2. The van der Waals surface area contributed by atoms with Crippen LogP contribution in [0.3, 0.4) is 0 Å². The second-order valence-corrected chi connectivity index (χ2v) is 5.32. The molecule has 0 amide bonds. The zero-order valence-electron chi connectivity index (χ0n) is 10.6. The van der Waals surface area contributed by atoms with Crippen LogP contribution in [-0.2, 0) is 6.54 Å². The van der Waals surface area contributed by atoms with E-state index in [9.17, 15) is 5.11 Å². The molecular formula is C15H16N2OS. The number of hydrogen-bond donors (Lipinski definition) is 1. The first-order valence-electron chi connectivity index (χ1n) is 6.14. The van der Waals surface area contributed by atoms with Crippen molar-refractivity contribution in [2.75, 3.05) is 13.1 Å². The molecule has 0 radical (unpaired) electrons. The third kappa shape index (κ3) is 4.18. The van der Waals surface area contributed by atoms with Crippen molar-refractivity contribution in [2.45, 2.75) is 12.6 Å². The van der Waals surface area contributed by atoms with Gasteiger partial charge in [-0.05, 0) is 17.0 Å². The summed E-state index contributed by atoms with van der Waals surface area (Å²) in [6.07, 6.45) is -0.530. The topological polar surface area (TPSA) is 47.3 Å². The third-order valence-electron chi connectivity index (χ3n) is 2.85. The van der Waals surface area contributed by atoms with Gasteiger partial charge in [0.05, 0.1) is 12.6 Å². The Hall–Kier alpha value is -1.67. The van der Waals surface area contributed by atoms with Crippen LogP contribution >= 0.6 is 11.3 Å². The van der Waals surface area contributed by atoms with Gasteiger partial charge in [0, 0.05) is 18.0 Å². The number of thiophene rings is 1. The molecule has 0 saturated heterocycles. The monoisotopic (exact) mass is 272 g/mol. The molecule has 19 heavy (non-hydrogen) atoms. The van der Waals surface area contributed by atoms with E-state index in [4.69, 9.17) is 5.26 Å². The van der Waals surface area contributed by atoms with Crippen molar-refractivity contribution >= 4 is 11.3 Å². The van der Waals surface area contributed by atoms with Crippen LogP contribution in [0.1, 0.15) is 16.5 Å². The average Bonchev–Trinajstić information content (AvgIpc) is 2.94. The number of aliphatic hydroxyl groups is 1. The van der Waals surface area contributed by atoms with Gasteiger partial charge in [-0.15, -0.1) is 11.3 Å². The highest BCUT2D eigenvalue weighted by Crippen LogP contribution is 2.20. The Bertz CT molecular complexity index is 519. The summed E-state index contributed by atoms with van der Waals surface area (Å²) < 4.78 is 0. The van der Waals surface area contributed by atoms with Gasteiger partial charge >= 0.3 is 0 Å². The van der Waals surface area contributed by atoms with Gasteiger partial charge < -0.3 is 5.11 Å². The quantitative estimate of drug-likeness (QED) is 0.823. The first kappa shape index (κ1) is 13.8. The van der Waals surface area contributed by atoms with Crippen LogP contribution in [0.15, 0.2) is 47.8 Å². The molecule has 0 spiro atoms. The molecule has 2 aromatic rings. The van der Waals surface area contributed by atoms with Crippen molar-refractivity contribution in [3.05, 3.63) is 58.3 Å². The number of nitrogens with zero attached hydrogens (tertiary/aromatic N) is 2. The fourth-order valence-electron chi connectivity index (χ4n) is 1.94. The zero-order chi connectivity index (χ0) is 13.5. The van der Waals surface area contributed by atoms with E-state index >= 15 is 0 Å². The summed E-state index contributed by atoms with van der Waals surface area (Å²) in [5.74, 6) is 0. The van der Waals surface area contributed by atoms with E-state index in [1.54, 1.807) is 0 Å². The van der Waals surface area contributed by atoms with Crippen LogP contribution in [0, 0.1) is 11.3 Å². The molecule has 0 bridgehead atoms. The number of nitriles is 1. The number of aliphatic hydroxyl groups excluding tert-OH is 1. The lowest BCUT2D eigenvalue weighted by molar-refractivity contribution is 0.119. The third-order valence-corrected chi connectivity index (χ3v) is 3.82. The minimum absolute atomic E-state index is 0.317. The Kier molecular flexibility index (Phi) is 5.10. The summed E-state index contributed by atoms with van der Waals surface area (Å²) in [5, 5.41) is 21.0. The van der Waals surface area contributed by atoms with E-state index in [0.29, 0.717) is 19.6 Å². The molecule has 1 atom stereocenters. The van der Waals surface area contributed by atoms with E-state index in [2.05, 4.69) is 6.07 Å². The number of rotatable bonds is 6. The summed E-state index contributed by atoms with van der Waals surface area (Å²) in [6, 6.07) is 16.0. The first-order valence-corrected chi connectivity index (χ1v) is 7.02. The molecule has 1 aromatic carbocycles. The van der Waals surface area contributed by atoms with Crippen LogP contribution in [0.5, 0.6) is 0 Å². The summed E-state index contributed by atoms with van der Waals surface area (Å²) in [7, 11) is 0. The van der Waals surface area contributed by atoms with E-state index < -0.39 is 6.10 Å². The highest BCUT2D eigenvalue weighted by atomic mass is 32.1. The van der Waals surface area contributed by atoms with Crippen LogP contribution < -0.4 is 0 Å². The molecule has 0 aliphatic heterocycles. The smallest absolute Gasteiger partial charge is 0.101 e. The minimum Gasteiger partial charge on any atom is -0.386 e. The van der Waals surface area contributed by atoms with Crippen molar-refractivity contribution in [3.63, 3.8) is 0 Å². The van der Waals surface area contributed by atoms with Crippen molar-refractivity contribution in [2.24, 2.45) is 0 Å². The van der Waals surface area contributed by atoms with Gasteiger partial charge in [-0.1, -0.05) is 36.4 Å². The predicted octanol–water partition coefficient (Wildman–Crippen LogP) is 2.81. The second-order valence-electron chi connectivity index (χ2n) is 4.34. The van der Waals surface area contributed by atoms with Crippen molar-refractivity contribution in [1.82, 2.24) is 4.90 Å². The minimum atomic E-state index is -0.530. The lowest BCUT2D eigenvalue weighted by atomic mass is 10.2. The molecule has 0 saturated carbocycles. The van der Waals surface area contributed by atoms with Crippen LogP contribution in [0.2, 0.25) is 0 Å². The maximum absolute atomic E-state index is 10.1. The highest BCUT2D eigenvalue weighted by Gasteiger charge is 2.14. The SMILES string of the molecule is N#CCN(Cc1ccccc1)CC(O)c1cccs1. The van der Waals surface area contributed by atoms with Gasteiger partial charge in [0.2, 0.25) is 0 Å². The molecule has 1 heterocycles. The molecular weight excluding hydrogens is 256 g/mol. The maximum atomic E-state index is 10.1. The van der Waals surface area contributed by atoms with E-state index in [0.717, 1.165) is 10.4 Å². The Morgan fingerprint density at radius 3 is 2.63 bits per heavy atom. The van der Waals surface area contributed by atoms with E-state index in [1.807, 2.05) is 52.7 Å². The fourth-order valence-corrected chi connectivity index (χ4v) is 2.65. The predicted molar refractivity (Wildman–Crippen MR) is 76.6 cm³/mol. The normalized spacial score (nSPS) is 12.3. The van der Waals surface area contributed by atoms with Crippen molar-refractivity contribution in [1.29, 1.82) is 5.26 Å². The fraction of sp³-hybridized carbons (Fsp3) is 0.267. The molecule has 0 aliphatic rings. The maximum Gasteiger partial charge on any atom is 0.101 e. The molecule has 3 nitrogen and oxygen atoms in total. The van der Waals surface area contributed by atoms with Gasteiger partial charge in [0.1, 0.15) is 6.10 Å². The molecule has 1 N–H and O–H groups in total. The number of hydrogen-bond acceptors (Lipinski definition) is 4. The average molecular weight is 272 g/mol. The Balaban J connectivity index is 1.98. The molecule has 1 unspecified atom stereocenters. The summed E-state index contributed by atoms with van der Waals surface area (Å²) in [6.45, 7) is 1.47. The Morgan fingerprint density at radius 2 is 2.00 bits per heavy atom. The lowest BCUT2D eigenvalue weighted by Crippen LogP contribution is -2.28. The van der Waals surface area contributed by atoms with Gasteiger partial charge in [-0.3, -0.25) is 4.90 Å². The molecule has 0 fully saturated rings. The van der Waals surface area contributed by atoms with E-state index in [1.165, 1.54) is 11.3 Å². The first-order chi connectivity index (χ1) is 9.29. The highest BCUT2D eigenvalue weighted by molar-refractivity contribution is 7.10. The van der Waals surface area contributed by atoms with Gasteiger partial charge in [0.15, 0.2) is 0 Å². The summed E-state index contributed by atoms with van der Waals surface area (Å²) >= 11 is 1.54. The Labute approximate surface area is 117 Å². The Morgan fingerprint density at radius 1 is 1.21 bits per heavy atom. The second kappa shape index (κ2) is 7.05. The van der Waals surface area contributed by atoms with Crippen LogP contribution in [0.4, 0.5) is 0 Å². The van der Waals surface area contributed by atoms with Crippen molar-refractivity contribution in [3.8, 4) is 6.07 Å². The largest absolute Gasteiger partial charge is 0.386 e. The summed E-state index contributed by atoms with van der Waals surface area (Å²) in [4.78, 5) is 2.90. The van der Waals surface area contributed by atoms with E-state index in [-0.39, 0.29) is 0 Å². The number of benzene rings is 1. The molecule has 4 heteroatoms. The lowest BCUT2D eigenvalue weighted by Gasteiger charge is -2.22. The van der Waals surface area contributed by atoms with Crippen molar-refractivity contribution < 1.29 is 5.11 Å². The molecule has 2 rings (SSSR count). The molecule has 98 valence electrons. The van der Waals surface area contributed by atoms with Gasteiger partial charge in [-0.2, -0.15) is 5.26 Å². The molecule has 1 aromatic heterocycles. The zero-order valence-corrected chi connectivity index (χ0v) is 11.4. The van der Waals surface area contributed by atoms with Gasteiger partial charge in [-0.25, -0.2) is 0 Å². The van der Waals surface area contributed by atoms with Crippen LogP contribution in [-0.4, -0.2) is 23.1 Å². The molecule has 0 aliphatic carbocycles. The summed E-state index contributed by atoms with van der Waals surface area (Å²) in [5.41, 5.74) is 1.15. The van der Waals surface area contributed by atoms with Crippen LogP contribution in [0.25, 0.3) is 0 Å².